The Hall–Kier alpha value is -0.0400. The Morgan fingerprint density at radius 3 is 1.42 bits per heavy atom. The van der Waals surface area contributed by atoms with Crippen molar-refractivity contribution in [1.29, 1.82) is 0 Å². The smallest absolute Gasteiger partial charge is 0.0933 e. The number of unbranched alkanes of at least 4 members (excludes halogenated alkanes) is 10. The highest BCUT2D eigenvalue weighted by Crippen LogP contribution is 2.29. The van der Waals surface area contributed by atoms with Crippen LogP contribution in [-0.4, -0.2) is 30.2 Å². The van der Waals surface area contributed by atoms with Gasteiger partial charge in [-0.15, -0.1) is 0 Å². The molecule has 1 radical (unpaired) electrons. The summed E-state index contributed by atoms with van der Waals surface area (Å²) in [5.41, 5.74) is 0.370. The number of hydrogen-bond donors (Lipinski definition) is 0. The molecule has 0 aliphatic carbocycles. The van der Waals surface area contributed by atoms with Gasteiger partial charge in [-0.3, -0.25) is 0 Å². The second-order valence-electron chi connectivity index (χ2n) is 8.79. The molecule has 0 N–H and O–H groups in total. The van der Waals surface area contributed by atoms with Crippen molar-refractivity contribution in [3.63, 3.8) is 0 Å². The molecule has 0 bridgehead atoms. The zero-order valence-electron chi connectivity index (χ0n) is 18.0. The molecule has 0 aromatic rings. The average molecular weight is 340 g/mol. The third kappa shape index (κ3) is 10.1. The van der Waals surface area contributed by atoms with E-state index in [9.17, 15) is 0 Å². The number of rotatable bonds is 17. The van der Waals surface area contributed by atoms with Crippen LogP contribution in [0.4, 0.5) is 0 Å². The first kappa shape index (κ1) is 24.0. The third-order valence-electron chi connectivity index (χ3n) is 6.26. The monoisotopic (exact) mass is 339 g/mol. The van der Waals surface area contributed by atoms with Crippen LogP contribution in [-0.2, 0) is 0 Å². The Balaban J connectivity index is 4.33. The summed E-state index contributed by atoms with van der Waals surface area (Å²) < 4.78 is 1.25. The third-order valence-corrected chi connectivity index (χ3v) is 6.26. The minimum atomic E-state index is 0.370. The summed E-state index contributed by atoms with van der Waals surface area (Å²) in [5.74, 6) is 0. The van der Waals surface area contributed by atoms with Gasteiger partial charge in [-0.2, -0.15) is 0 Å². The summed E-state index contributed by atoms with van der Waals surface area (Å²) >= 11 is 0. The molecule has 0 heterocycles. The molecule has 0 saturated carbocycles. The Kier molecular flexibility index (Phi) is 14.1. The van der Waals surface area contributed by atoms with Gasteiger partial charge < -0.3 is 4.48 Å². The fourth-order valence-electron chi connectivity index (χ4n) is 3.90. The van der Waals surface area contributed by atoms with Crippen molar-refractivity contribution in [3.05, 3.63) is 6.92 Å². The number of hydrogen-bond acceptors (Lipinski definition) is 0. The molecule has 0 aliphatic rings. The molecular formula is C23H49N+. The Morgan fingerprint density at radius 1 is 0.667 bits per heavy atom. The van der Waals surface area contributed by atoms with Crippen molar-refractivity contribution in [2.24, 2.45) is 0 Å². The maximum Gasteiger partial charge on any atom is 0.0933 e. The normalized spacial score (nSPS) is 12.8. The van der Waals surface area contributed by atoms with Gasteiger partial charge in [0, 0.05) is 6.42 Å². The van der Waals surface area contributed by atoms with Crippen LogP contribution in [0.25, 0.3) is 0 Å². The first-order valence-electron chi connectivity index (χ1n) is 11.1. The zero-order chi connectivity index (χ0) is 18.3. The van der Waals surface area contributed by atoms with E-state index in [1.54, 1.807) is 0 Å². The summed E-state index contributed by atoms with van der Waals surface area (Å²) in [6.07, 6.45) is 19.2. The molecule has 0 atom stereocenters. The van der Waals surface area contributed by atoms with E-state index in [-0.39, 0.29) is 0 Å². The highest BCUT2D eigenvalue weighted by Gasteiger charge is 2.38. The van der Waals surface area contributed by atoms with E-state index in [4.69, 9.17) is 0 Å². The lowest BCUT2D eigenvalue weighted by atomic mass is 9.92. The van der Waals surface area contributed by atoms with Gasteiger partial charge >= 0.3 is 0 Å². The summed E-state index contributed by atoms with van der Waals surface area (Å²) in [6.45, 7) is 16.4. The van der Waals surface area contributed by atoms with E-state index in [0.29, 0.717) is 5.54 Å². The van der Waals surface area contributed by atoms with E-state index < -0.39 is 0 Å². The second-order valence-corrected chi connectivity index (χ2v) is 8.79. The van der Waals surface area contributed by atoms with Crippen molar-refractivity contribution in [3.8, 4) is 0 Å². The lowest BCUT2D eigenvalue weighted by Crippen LogP contribution is -2.59. The molecule has 1 nitrogen and oxygen atoms in total. The molecule has 1 heteroatoms. The summed E-state index contributed by atoms with van der Waals surface area (Å²) in [5, 5.41) is 0. The maximum absolute atomic E-state index is 4.13. The Bertz CT molecular complexity index is 253. The Labute approximate surface area is 155 Å². The fraction of sp³-hybridized carbons (Fsp3) is 0.957. The maximum atomic E-state index is 4.13. The van der Waals surface area contributed by atoms with E-state index >= 15 is 0 Å². The molecule has 0 aromatic heterocycles. The molecule has 0 amide bonds. The van der Waals surface area contributed by atoms with Crippen molar-refractivity contribution in [1.82, 2.24) is 0 Å². The van der Waals surface area contributed by atoms with Gasteiger partial charge in [-0.1, -0.05) is 72.1 Å². The summed E-state index contributed by atoms with van der Waals surface area (Å²) in [4.78, 5) is 0. The van der Waals surface area contributed by atoms with Gasteiger partial charge in [-0.05, 0) is 46.0 Å². The molecule has 0 fully saturated rings. The van der Waals surface area contributed by atoms with Gasteiger partial charge in [-0.25, -0.2) is 0 Å². The zero-order valence-corrected chi connectivity index (χ0v) is 18.0. The minimum Gasteiger partial charge on any atom is -0.322 e. The van der Waals surface area contributed by atoms with Crippen LogP contribution in [0, 0.1) is 6.92 Å². The van der Waals surface area contributed by atoms with Crippen LogP contribution >= 0.6 is 0 Å². The highest BCUT2D eigenvalue weighted by molar-refractivity contribution is 4.71. The molecular weight excluding hydrogens is 290 g/mol. The Morgan fingerprint density at radius 2 is 1.04 bits per heavy atom. The molecule has 0 aromatic carbocycles. The molecule has 0 saturated heterocycles. The molecule has 0 spiro atoms. The number of nitrogens with zero attached hydrogens (tertiary/aromatic N) is 1. The van der Waals surface area contributed by atoms with Crippen LogP contribution < -0.4 is 0 Å². The molecule has 0 rings (SSSR count). The van der Waals surface area contributed by atoms with Crippen LogP contribution in [0.15, 0.2) is 0 Å². The highest BCUT2D eigenvalue weighted by atomic mass is 15.4. The standard InChI is InChI=1S/C23H49N/c1-7-10-12-14-16-18-21-24(6,23(4,5)20-9-3)22-19-17-15-13-11-8-2/h3,7-22H2,1-2,4-6H3/q+1. The second kappa shape index (κ2) is 14.2. The van der Waals surface area contributed by atoms with Gasteiger partial charge in [0.2, 0.25) is 0 Å². The van der Waals surface area contributed by atoms with E-state index in [2.05, 4.69) is 41.7 Å². The van der Waals surface area contributed by atoms with Gasteiger partial charge in [0.1, 0.15) is 0 Å². The van der Waals surface area contributed by atoms with Crippen molar-refractivity contribution < 1.29 is 4.48 Å². The predicted octanol–water partition coefficient (Wildman–Crippen LogP) is 7.55. The van der Waals surface area contributed by atoms with Crippen molar-refractivity contribution in [2.45, 2.75) is 123 Å². The first-order valence-corrected chi connectivity index (χ1v) is 11.1. The predicted molar refractivity (Wildman–Crippen MR) is 111 cm³/mol. The lowest BCUT2D eigenvalue weighted by molar-refractivity contribution is -0.956. The van der Waals surface area contributed by atoms with Gasteiger partial charge in [0.05, 0.1) is 25.7 Å². The topological polar surface area (TPSA) is 0 Å². The van der Waals surface area contributed by atoms with Gasteiger partial charge in [0.25, 0.3) is 0 Å². The summed E-state index contributed by atoms with van der Waals surface area (Å²) in [6, 6.07) is 0. The van der Waals surface area contributed by atoms with Crippen LogP contribution in [0.5, 0.6) is 0 Å². The lowest BCUT2D eigenvalue weighted by Gasteiger charge is -2.48. The molecule has 145 valence electrons. The van der Waals surface area contributed by atoms with Crippen LogP contribution in [0.2, 0.25) is 0 Å². The number of quaternary nitrogens is 1. The van der Waals surface area contributed by atoms with E-state index in [1.807, 2.05) is 0 Å². The molecule has 24 heavy (non-hydrogen) atoms. The fourth-order valence-corrected chi connectivity index (χ4v) is 3.90. The van der Waals surface area contributed by atoms with E-state index in [0.717, 1.165) is 6.42 Å². The minimum absolute atomic E-state index is 0.370. The van der Waals surface area contributed by atoms with Crippen LogP contribution in [0.1, 0.15) is 118 Å². The SMILES string of the molecule is [CH2]CCC(C)(C)[N+](C)(CCCCCCCC)CCCCCCCC. The van der Waals surface area contributed by atoms with Crippen molar-refractivity contribution >= 4 is 0 Å². The van der Waals surface area contributed by atoms with Crippen LogP contribution in [0.3, 0.4) is 0 Å². The summed E-state index contributed by atoms with van der Waals surface area (Å²) in [7, 11) is 2.52. The van der Waals surface area contributed by atoms with Gasteiger partial charge in [0.15, 0.2) is 0 Å². The molecule has 0 aliphatic heterocycles. The molecule has 0 unspecified atom stereocenters. The quantitative estimate of drug-likeness (QED) is 0.189. The average Bonchev–Trinajstić information content (AvgIpc) is 2.54. The van der Waals surface area contributed by atoms with Crippen molar-refractivity contribution in [2.75, 3.05) is 20.1 Å². The van der Waals surface area contributed by atoms with E-state index in [1.165, 1.54) is 101 Å². The first-order chi connectivity index (χ1) is 11.4. The largest absolute Gasteiger partial charge is 0.322 e.